The molecule has 0 bridgehead atoms. The third kappa shape index (κ3) is 3.04. The van der Waals surface area contributed by atoms with Crippen molar-refractivity contribution in [2.75, 3.05) is 5.32 Å². The number of nitrogens with zero attached hydrogens (tertiary/aromatic N) is 2. The summed E-state index contributed by atoms with van der Waals surface area (Å²) in [4.78, 5) is 15.5. The average Bonchev–Trinajstić information content (AvgIpc) is 2.69. The molecule has 1 N–H and O–H groups in total. The molecular weight excluding hydrogens is 261 g/mol. The predicted molar refractivity (Wildman–Crippen MR) is 62.8 cm³/mol. The third-order valence-electron chi connectivity index (χ3n) is 2.09. The summed E-state index contributed by atoms with van der Waals surface area (Å²) < 4.78 is 17.6. The molecule has 1 heterocycles. The first kappa shape index (κ1) is 12.5. The van der Waals surface area contributed by atoms with Gasteiger partial charge < -0.3 is 9.84 Å². The minimum atomic E-state index is -0.538. The van der Waals surface area contributed by atoms with Gasteiger partial charge in [0.05, 0.1) is 11.4 Å². The Balaban J connectivity index is 2.00. The van der Waals surface area contributed by atoms with Gasteiger partial charge in [-0.25, -0.2) is 4.39 Å². The fourth-order valence-electron chi connectivity index (χ4n) is 1.34. The summed E-state index contributed by atoms with van der Waals surface area (Å²) >= 11 is 5.59. The standard InChI is InChI=1S/C11H9ClFN3O2/c1-6-14-10(16-18-6)5-11(17)15-7-2-3-9(13)8(12)4-7/h2-4H,5H2,1H3,(H,15,17). The normalized spacial score (nSPS) is 10.4. The zero-order chi connectivity index (χ0) is 13.1. The second kappa shape index (κ2) is 5.14. The SMILES string of the molecule is Cc1nc(CC(=O)Nc2ccc(F)c(Cl)c2)no1. The van der Waals surface area contributed by atoms with Crippen molar-refractivity contribution in [2.24, 2.45) is 0 Å². The van der Waals surface area contributed by atoms with Crippen molar-refractivity contribution in [3.63, 3.8) is 0 Å². The van der Waals surface area contributed by atoms with Crippen LogP contribution in [0.4, 0.5) is 10.1 Å². The Hall–Kier alpha value is -1.95. The van der Waals surface area contributed by atoms with Crippen LogP contribution in [0.2, 0.25) is 5.02 Å². The highest BCUT2D eigenvalue weighted by molar-refractivity contribution is 6.31. The van der Waals surface area contributed by atoms with E-state index in [-0.39, 0.29) is 17.4 Å². The van der Waals surface area contributed by atoms with Gasteiger partial charge in [0.2, 0.25) is 11.8 Å². The molecule has 0 saturated carbocycles. The molecule has 1 amide bonds. The Labute approximate surface area is 107 Å². The van der Waals surface area contributed by atoms with Crippen LogP contribution in [0, 0.1) is 12.7 Å². The molecule has 0 unspecified atom stereocenters. The van der Waals surface area contributed by atoms with Gasteiger partial charge >= 0.3 is 0 Å². The molecule has 0 saturated heterocycles. The van der Waals surface area contributed by atoms with Crippen LogP contribution in [-0.2, 0) is 11.2 Å². The smallest absolute Gasteiger partial charge is 0.232 e. The molecule has 0 atom stereocenters. The van der Waals surface area contributed by atoms with Crippen LogP contribution in [0.15, 0.2) is 22.7 Å². The van der Waals surface area contributed by atoms with Gasteiger partial charge in [0.1, 0.15) is 5.82 Å². The molecule has 0 spiro atoms. The van der Waals surface area contributed by atoms with Crippen LogP contribution < -0.4 is 5.32 Å². The van der Waals surface area contributed by atoms with Crippen molar-refractivity contribution >= 4 is 23.2 Å². The molecule has 5 nitrogen and oxygen atoms in total. The highest BCUT2D eigenvalue weighted by Crippen LogP contribution is 2.19. The molecule has 0 radical (unpaired) electrons. The average molecular weight is 270 g/mol. The number of carbonyl (C=O) groups excluding carboxylic acids is 1. The largest absolute Gasteiger partial charge is 0.340 e. The molecular formula is C11H9ClFN3O2. The predicted octanol–water partition coefficient (Wildman–Crippen LogP) is 2.35. The van der Waals surface area contributed by atoms with E-state index in [1.54, 1.807) is 6.92 Å². The van der Waals surface area contributed by atoms with E-state index in [4.69, 9.17) is 16.1 Å². The summed E-state index contributed by atoms with van der Waals surface area (Å²) in [5.74, 6) is -0.192. The monoisotopic (exact) mass is 269 g/mol. The lowest BCUT2D eigenvalue weighted by atomic mass is 10.3. The van der Waals surface area contributed by atoms with E-state index in [0.29, 0.717) is 17.4 Å². The van der Waals surface area contributed by atoms with Crippen LogP contribution in [0.5, 0.6) is 0 Å². The van der Waals surface area contributed by atoms with Gasteiger partial charge in [-0.3, -0.25) is 4.79 Å². The molecule has 1 aromatic heterocycles. The first-order valence-electron chi connectivity index (χ1n) is 5.08. The Kier molecular flexibility index (Phi) is 3.57. The number of halogens is 2. The fourth-order valence-corrected chi connectivity index (χ4v) is 1.52. The number of amides is 1. The van der Waals surface area contributed by atoms with Crippen molar-refractivity contribution in [1.29, 1.82) is 0 Å². The highest BCUT2D eigenvalue weighted by atomic mass is 35.5. The summed E-state index contributed by atoms with van der Waals surface area (Å²) in [5.41, 5.74) is 0.409. The number of carbonyl (C=O) groups is 1. The molecule has 0 aliphatic carbocycles. The fraction of sp³-hybridized carbons (Fsp3) is 0.182. The van der Waals surface area contributed by atoms with Crippen molar-refractivity contribution < 1.29 is 13.7 Å². The second-order valence-corrected chi connectivity index (χ2v) is 3.99. The van der Waals surface area contributed by atoms with Crippen LogP contribution in [0.25, 0.3) is 0 Å². The van der Waals surface area contributed by atoms with Gasteiger partial charge in [0, 0.05) is 12.6 Å². The molecule has 18 heavy (non-hydrogen) atoms. The Morgan fingerprint density at radius 3 is 2.94 bits per heavy atom. The van der Waals surface area contributed by atoms with E-state index in [0.717, 1.165) is 0 Å². The number of anilines is 1. The first-order chi connectivity index (χ1) is 8.54. The molecule has 2 aromatic rings. The lowest BCUT2D eigenvalue weighted by molar-refractivity contribution is -0.115. The van der Waals surface area contributed by atoms with Crippen LogP contribution in [-0.4, -0.2) is 16.0 Å². The first-order valence-corrected chi connectivity index (χ1v) is 5.46. The van der Waals surface area contributed by atoms with Crippen molar-refractivity contribution in [3.05, 3.63) is 40.8 Å². The second-order valence-electron chi connectivity index (χ2n) is 3.58. The topological polar surface area (TPSA) is 68.0 Å². The van der Waals surface area contributed by atoms with E-state index in [9.17, 15) is 9.18 Å². The molecule has 7 heteroatoms. The van der Waals surface area contributed by atoms with Gasteiger partial charge in [0.25, 0.3) is 0 Å². The van der Waals surface area contributed by atoms with E-state index in [1.165, 1.54) is 18.2 Å². The van der Waals surface area contributed by atoms with Gasteiger partial charge in [-0.2, -0.15) is 4.98 Å². The van der Waals surface area contributed by atoms with E-state index >= 15 is 0 Å². The number of hydrogen-bond donors (Lipinski definition) is 1. The van der Waals surface area contributed by atoms with Crippen molar-refractivity contribution in [1.82, 2.24) is 10.1 Å². The zero-order valence-electron chi connectivity index (χ0n) is 9.41. The summed E-state index contributed by atoms with van der Waals surface area (Å²) in [6, 6.07) is 3.92. The van der Waals surface area contributed by atoms with Crippen LogP contribution >= 0.6 is 11.6 Å². The highest BCUT2D eigenvalue weighted by Gasteiger charge is 2.10. The maximum absolute atomic E-state index is 12.9. The number of hydrogen-bond acceptors (Lipinski definition) is 4. The molecule has 1 aromatic carbocycles. The molecule has 0 aliphatic heterocycles. The molecule has 2 rings (SSSR count). The van der Waals surface area contributed by atoms with Gasteiger partial charge in [-0.15, -0.1) is 0 Å². The zero-order valence-corrected chi connectivity index (χ0v) is 10.2. The summed E-state index contributed by atoms with van der Waals surface area (Å²) in [7, 11) is 0. The van der Waals surface area contributed by atoms with Gasteiger partial charge in [0.15, 0.2) is 5.82 Å². The van der Waals surface area contributed by atoms with Crippen molar-refractivity contribution in [2.45, 2.75) is 13.3 Å². The Morgan fingerprint density at radius 1 is 1.56 bits per heavy atom. The van der Waals surface area contributed by atoms with Crippen LogP contribution in [0.1, 0.15) is 11.7 Å². The van der Waals surface area contributed by atoms with E-state index in [2.05, 4.69) is 15.5 Å². The summed E-state index contributed by atoms with van der Waals surface area (Å²) in [5, 5.41) is 6.10. The molecule has 0 fully saturated rings. The number of nitrogens with one attached hydrogen (secondary N) is 1. The molecule has 94 valence electrons. The number of rotatable bonds is 3. The Morgan fingerprint density at radius 2 is 2.33 bits per heavy atom. The quantitative estimate of drug-likeness (QED) is 0.929. The molecule has 0 aliphatic rings. The van der Waals surface area contributed by atoms with E-state index < -0.39 is 5.82 Å². The van der Waals surface area contributed by atoms with Gasteiger partial charge in [-0.1, -0.05) is 16.8 Å². The van der Waals surface area contributed by atoms with Crippen molar-refractivity contribution in [3.8, 4) is 0 Å². The Bertz CT molecular complexity index is 585. The lowest BCUT2D eigenvalue weighted by Crippen LogP contribution is -2.15. The maximum Gasteiger partial charge on any atom is 0.232 e. The minimum Gasteiger partial charge on any atom is -0.340 e. The summed E-state index contributed by atoms with van der Waals surface area (Å²) in [6.07, 6.45) is -0.0215. The number of benzene rings is 1. The minimum absolute atomic E-state index is 0.0215. The van der Waals surface area contributed by atoms with Gasteiger partial charge in [-0.05, 0) is 18.2 Å². The third-order valence-corrected chi connectivity index (χ3v) is 2.38. The van der Waals surface area contributed by atoms with Crippen LogP contribution in [0.3, 0.4) is 0 Å². The number of aromatic nitrogens is 2. The summed E-state index contributed by atoms with van der Waals surface area (Å²) in [6.45, 7) is 1.63. The maximum atomic E-state index is 12.9. The van der Waals surface area contributed by atoms with E-state index in [1.807, 2.05) is 0 Å². The number of aryl methyl sites for hydroxylation is 1. The lowest BCUT2D eigenvalue weighted by Gasteiger charge is -2.04.